The fraction of sp³-hybridized carbons (Fsp3) is 0.438. The van der Waals surface area contributed by atoms with Gasteiger partial charge in [-0.15, -0.1) is 0 Å². The molecule has 0 fully saturated rings. The highest BCUT2D eigenvalue weighted by molar-refractivity contribution is 7.91. The van der Waals surface area contributed by atoms with Gasteiger partial charge in [-0.2, -0.15) is 0 Å². The number of benzene rings is 1. The molecule has 1 heterocycles. The predicted molar refractivity (Wildman–Crippen MR) is 84.7 cm³/mol. The Kier molecular flexibility index (Phi) is 4.83. The van der Waals surface area contributed by atoms with Crippen molar-refractivity contribution in [3.05, 3.63) is 54.1 Å². The summed E-state index contributed by atoms with van der Waals surface area (Å²) in [4.78, 5) is 4.22. The Morgan fingerprint density at radius 1 is 1.14 bits per heavy atom. The third-order valence-corrected chi connectivity index (χ3v) is 6.17. The minimum Gasteiger partial charge on any atom is -0.330 e. The number of hydrogen-bond donors (Lipinski definition) is 0. The van der Waals surface area contributed by atoms with E-state index in [2.05, 4.69) is 4.98 Å². The summed E-state index contributed by atoms with van der Waals surface area (Å²) in [6.45, 7) is 6.27. The Morgan fingerprint density at radius 2 is 1.81 bits per heavy atom. The van der Waals surface area contributed by atoms with Crippen molar-refractivity contribution in [2.75, 3.05) is 0 Å². The maximum absolute atomic E-state index is 12.4. The highest BCUT2D eigenvalue weighted by Gasteiger charge is 2.25. The van der Waals surface area contributed by atoms with Gasteiger partial charge in [0, 0.05) is 18.9 Å². The van der Waals surface area contributed by atoms with Gasteiger partial charge in [-0.1, -0.05) is 44.2 Å². The second-order valence-electron chi connectivity index (χ2n) is 5.71. The van der Waals surface area contributed by atoms with Crippen molar-refractivity contribution < 1.29 is 8.42 Å². The summed E-state index contributed by atoms with van der Waals surface area (Å²) < 4.78 is 26.7. The average Bonchev–Trinajstić information content (AvgIpc) is 2.85. The summed E-state index contributed by atoms with van der Waals surface area (Å²) in [7, 11) is -3.18. The van der Waals surface area contributed by atoms with E-state index in [1.807, 2.05) is 54.9 Å². The van der Waals surface area contributed by atoms with Crippen molar-refractivity contribution in [2.45, 2.75) is 38.3 Å². The van der Waals surface area contributed by atoms with Crippen LogP contribution in [0.3, 0.4) is 0 Å². The van der Waals surface area contributed by atoms with E-state index in [0.29, 0.717) is 12.4 Å². The van der Waals surface area contributed by atoms with Crippen molar-refractivity contribution in [1.29, 1.82) is 0 Å². The molecule has 0 bridgehead atoms. The molecule has 21 heavy (non-hydrogen) atoms. The summed E-state index contributed by atoms with van der Waals surface area (Å²) in [6, 6.07) is 9.96. The zero-order valence-electron chi connectivity index (χ0n) is 12.7. The number of aromatic nitrogens is 2. The number of nitrogens with zero attached hydrogens (tertiary/aromatic N) is 2. The van der Waals surface area contributed by atoms with E-state index in [9.17, 15) is 8.42 Å². The van der Waals surface area contributed by atoms with Crippen LogP contribution < -0.4 is 0 Å². The van der Waals surface area contributed by atoms with Crippen LogP contribution in [-0.4, -0.2) is 23.2 Å². The molecule has 0 N–H and O–H groups in total. The molecule has 5 heteroatoms. The normalized spacial score (nSPS) is 13.5. The summed E-state index contributed by atoms with van der Waals surface area (Å²) in [5.74, 6) is 0.700. The lowest BCUT2D eigenvalue weighted by atomic mass is 10.2. The van der Waals surface area contributed by atoms with Gasteiger partial charge in [-0.05, 0) is 18.4 Å². The topological polar surface area (TPSA) is 52.0 Å². The van der Waals surface area contributed by atoms with Gasteiger partial charge in [0.2, 0.25) is 0 Å². The van der Waals surface area contributed by atoms with E-state index in [4.69, 9.17) is 0 Å². The maximum Gasteiger partial charge on any atom is 0.160 e. The monoisotopic (exact) mass is 306 g/mol. The highest BCUT2D eigenvalue weighted by Crippen LogP contribution is 2.17. The molecular weight excluding hydrogens is 284 g/mol. The first kappa shape index (κ1) is 15.8. The lowest BCUT2D eigenvalue weighted by Gasteiger charge is -2.16. The Hall–Kier alpha value is -1.62. The summed E-state index contributed by atoms with van der Waals surface area (Å²) >= 11 is 0. The average molecular weight is 306 g/mol. The van der Waals surface area contributed by atoms with Gasteiger partial charge < -0.3 is 4.57 Å². The Balaban J connectivity index is 2.18. The number of sulfone groups is 1. The molecule has 1 atom stereocenters. The zero-order valence-corrected chi connectivity index (χ0v) is 13.5. The fourth-order valence-electron chi connectivity index (χ4n) is 2.13. The lowest BCUT2D eigenvalue weighted by molar-refractivity contribution is 0.542. The summed E-state index contributed by atoms with van der Waals surface area (Å²) in [6.07, 6.45) is 3.49. The quantitative estimate of drug-likeness (QED) is 0.824. The predicted octanol–water partition coefficient (Wildman–Crippen LogP) is 2.89. The van der Waals surface area contributed by atoms with E-state index >= 15 is 0 Å². The van der Waals surface area contributed by atoms with Crippen molar-refractivity contribution in [1.82, 2.24) is 9.55 Å². The zero-order chi connectivity index (χ0) is 15.5. The van der Waals surface area contributed by atoms with Crippen LogP contribution in [0.15, 0.2) is 42.7 Å². The molecule has 0 saturated carbocycles. The molecular formula is C16H22N2O2S. The molecule has 0 aliphatic heterocycles. The Morgan fingerprint density at radius 3 is 2.43 bits per heavy atom. The van der Waals surface area contributed by atoms with Gasteiger partial charge in [0.1, 0.15) is 11.6 Å². The molecule has 1 aromatic carbocycles. The van der Waals surface area contributed by atoms with Crippen molar-refractivity contribution >= 4 is 9.84 Å². The third-order valence-electron chi connectivity index (χ3n) is 3.83. The van der Waals surface area contributed by atoms with Crippen LogP contribution in [-0.2, 0) is 22.1 Å². The molecule has 2 rings (SSSR count). The molecule has 0 radical (unpaired) electrons. The van der Waals surface area contributed by atoms with Crippen LogP contribution in [0.4, 0.5) is 0 Å². The molecule has 114 valence electrons. The van der Waals surface area contributed by atoms with Crippen molar-refractivity contribution in [3.8, 4) is 0 Å². The molecule has 0 saturated heterocycles. The van der Waals surface area contributed by atoms with Gasteiger partial charge in [-0.25, -0.2) is 13.4 Å². The van der Waals surface area contributed by atoms with Crippen molar-refractivity contribution in [3.63, 3.8) is 0 Å². The van der Waals surface area contributed by atoms with Crippen LogP contribution in [0.5, 0.6) is 0 Å². The second kappa shape index (κ2) is 6.43. The first-order valence-corrected chi connectivity index (χ1v) is 8.87. The fourth-order valence-corrected chi connectivity index (χ4v) is 3.82. The van der Waals surface area contributed by atoms with Crippen LogP contribution in [0.2, 0.25) is 0 Å². The van der Waals surface area contributed by atoms with E-state index in [1.165, 1.54) is 0 Å². The largest absolute Gasteiger partial charge is 0.330 e. The molecule has 0 amide bonds. The Labute approximate surface area is 126 Å². The van der Waals surface area contributed by atoms with Crippen LogP contribution in [0.25, 0.3) is 0 Å². The minimum atomic E-state index is -3.18. The third kappa shape index (κ3) is 3.94. The second-order valence-corrected chi connectivity index (χ2v) is 8.07. The number of rotatable bonds is 6. The van der Waals surface area contributed by atoms with Crippen LogP contribution in [0, 0.1) is 5.92 Å². The molecule has 0 spiro atoms. The first-order valence-electron chi connectivity index (χ1n) is 7.15. The smallest absolute Gasteiger partial charge is 0.160 e. The van der Waals surface area contributed by atoms with E-state index in [0.717, 1.165) is 5.56 Å². The van der Waals surface area contributed by atoms with Gasteiger partial charge in [0.15, 0.2) is 9.84 Å². The molecule has 0 aliphatic rings. The minimum absolute atomic E-state index is 0.00776. The van der Waals surface area contributed by atoms with Gasteiger partial charge in [0.05, 0.1) is 5.25 Å². The SMILES string of the molecule is CC(C)C(C)S(=O)(=O)Cc1nccn1Cc1ccccc1. The number of imidazole rings is 1. The summed E-state index contributed by atoms with van der Waals surface area (Å²) in [5.41, 5.74) is 1.13. The standard InChI is InChI=1S/C16H22N2O2S/c1-13(2)14(3)21(19,20)12-16-17-9-10-18(16)11-15-7-5-4-6-8-15/h4-10,13-14H,11-12H2,1-3H3. The molecule has 1 unspecified atom stereocenters. The van der Waals surface area contributed by atoms with Crippen molar-refractivity contribution in [2.24, 2.45) is 5.92 Å². The molecule has 0 aliphatic carbocycles. The van der Waals surface area contributed by atoms with Gasteiger partial charge in [-0.3, -0.25) is 0 Å². The first-order chi connectivity index (χ1) is 9.90. The Bertz CT molecular complexity index is 675. The van der Waals surface area contributed by atoms with E-state index < -0.39 is 9.84 Å². The maximum atomic E-state index is 12.4. The van der Waals surface area contributed by atoms with Crippen LogP contribution in [0.1, 0.15) is 32.2 Å². The number of hydrogen-bond acceptors (Lipinski definition) is 3. The molecule has 4 nitrogen and oxygen atoms in total. The van der Waals surface area contributed by atoms with Crippen LogP contribution >= 0.6 is 0 Å². The molecule has 2 aromatic rings. The van der Waals surface area contributed by atoms with Gasteiger partial charge >= 0.3 is 0 Å². The van der Waals surface area contributed by atoms with E-state index in [1.54, 1.807) is 13.1 Å². The summed E-state index contributed by atoms with van der Waals surface area (Å²) in [5, 5.41) is -0.362. The lowest BCUT2D eigenvalue weighted by Crippen LogP contribution is -2.26. The van der Waals surface area contributed by atoms with Gasteiger partial charge in [0.25, 0.3) is 0 Å². The highest BCUT2D eigenvalue weighted by atomic mass is 32.2. The molecule has 1 aromatic heterocycles. The van der Waals surface area contributed by atoms with E-state index in [-0.39, 0.29) is 16.9 Å².